The minimum absolute atomic E-state index is 0.223. The van der Waals surface area contributed by atoms with Crippen molar-refractivity contribution in [2.45, 2.75) is 5.16 Å². The van der Waals surface area contributed by atoms with E-state index in [9.17, 15) is 0 Å². The number of nitrogens with two attached hydrogens (primary N) is 1. The number of hydrogen-bond acceptors (Lipinski definition) is 4. The Labute approximate surface area is 117 Å². The molecule has 17 heavy (non-hydrogen) atoms. The fourth-order valence-electron chi connectivity index (χ4n) is 1.29. The van der Waals surface area contributed by atoms with Gasteiger partial charge in [0, 0.05) is 5.02 Å². The van der Waals surface area contributed by atoms with Gasteiger partial charge in [-0.3, -0.25) is 0 Å². The molecular formula is C9H7Cl3N4S. The van der Waals surface area contributed by atoms with Crippen molar-refractivity contribution in [1.29, 1.82) is 0 Å². The van der Waals surface area contributed by atoms with Gasteiger partial charge in [0.25, 0.3) is 0 Å². The highest BCUT2D eigenvalue weighted by atomic mass is 35.5. The fraction of sp³-hybridized carbons (Fsp3) is 0.111. The van der Waals surface area contributed by atoms with Crippen LogP contribution in [-0.4, -0.2) is 21.0 Å². The summed E-state index contributed by atoms with van der Waals surface area (Å²) >= 11 is 19.4. The number of hydrogen-bond donors (Lipinski definition) is 1. The van der Waals surface area contributed by atoms with Gasteiger partial charge in [-0.1, -0.05) is 46.6 Å². The summed E-state index contributed by atoms with van der Waals surface area (Å²) in [5.74, 6) is 0.223. The third-order valence-corrected chi connectivity index (χ3v) is 3.32. The maximum absolute atomic E-state index is 6.07. The van der Waals surface area contributed by atoms with Crippen molar-refractivity contribution in [3.8, 4) is 5.69 Å². The molecule has 0 radical (unpaired) electrons. The lowest BCUT2D eigenvalue weighted by Crippen LogP contribution is -2.04. The Bertz CT molecular complexity index is 546. The van der Waals surface area contributed by atoms with Crippen LogP contribution >= 0.6 is 46.6 Å². The fourth-order valence-corrected chi connectivity index (χ4v) is 2.62. The van der Waals surface area contributed by atoms with Gasteiger partial charge in [-0.2, -0.15) is 9.67 Å². The van der Waals surface area contributed by atoms with Crippen molar-refractivity contribution in [3.63, 3.8) is 0 Å². The summed E-state index contributed by atoms with van der Waals surface area (Å²) in [5, 5.41) is 5.91. The molecule has 0 atom stereocenters. The molecule has 2 aromatic rings. The van der Waals surface area contributed by atoms with Crippen LogP contribution in [0.15, 0.2) is 17.3 Å². The Kier molecular flexibility index (Phi) is 3.73. The number of aromatic nitrogens is 3. The molecule has 1 aromatic carbocycles. The summed E-state index contributed by atoms with van der Waals surface area (Å²) < 4.78 is 1.40. The second-order valence-electron chi connectivity index (χ2n) is 3.09. The monoisotopic (exact) mass is 308 g/mol. The van der Waals surface area contributed by atoms with Crippen LogP contribution < -0.4 is 5.73 Å². The lowest BCUT2D eigenvalue weighted by molar-refractivity contribution is 0.842. The molecular weight excluding hydrogens is 303 g/mol. The van der Waals surface area contributed by atoms with Crippen LogP contribution in [0.25, 0.3) is 5.69 Å². The van der Waals surface area contributed by atoms with Crippen LogP contribution in [0, 0.1) is 0 Å². The molecule has 0 amide bonds. The summed E-state index contributed by atoms with van der Waals surface area (Å²) in [4.78, 5) is 4.05. The number of anilines is 1. The minimum atomic E-state index is 0.223. The first-order chi connectivity index (χ1) is 8.02. The highest BCUT2D eigenvalue weighted by Crippen LogP contribution is 2.33. The molecule has 0 unspecified atom stereocenters. The van der Waals surface area contributed by atoms with Gasteiger partial charge in [-0.25, -0.2) is 0 Å². The van der Waals surface area contributed by atoms with Crippen molar-refractivity contribution in [2.75, 3.05) is 12.0 Å². The Morgan fingerprint density at radius 3 is 2.29 bits per heavy atom. The summed E-state index contributed by atoms with van der Waals surface area (Å²) in [6, 6.07) is 3.15. The van der Waals surface area contributed by atoms with E-state index in [0.717, 1.165) is 0 Å². The van der Waals surface area contributed by atoms with Crippen molar-refractivity contribution in [1.82, 2.24) is 14.8 Å². The van der Waals surface area contributed by atoms with Crippen LogP contribution in [0.2, 0.25) is 15.1 Å². The molecule has 0 spiro atoms. The molecule has 0 fully saturated rings. The summed E-state index contributed by atoms with van der Waals surface area (Å²) in [6.45, 7) is 0. The van der Waals surface area contributed by atoms with Gasteiger partial charge in [0.2, 0.25) is 11.1 Å². The average Bonchev–Trinajstić information content (AvgIpc) is 2.59. The van der Waals surface area contributed by atoms with Gasteiger partial charge < -0.3 is 5.73 Å². The zero-order chi connectivity index (χ0) is 12.6. The molecule has 0 aliphatic rings. The van der Waals surface area contributed by atoms with E-state index in [2.05, 4.69) is 10.1 Å². The number of nitrogen functional groups attached to an aromatic ring is 1. The molecule has 0 saturated carbocycles. The molecule has 8 heteroatoms. The van der Waals surface area contributed by atoms with Gasteiger partial charge in [0.05, 0.1) is 10.0 Å². The zero-order valence-electron chi connectivity index (χ0n) is 8.62. The molecule has 0 aliphatic heterocycles. The number of benzene rings is 1. The lowest BCUT2D eigenvalue weighted by Gasteiger charge is -2.08. The molecule has 0 bridgehead atoms. The third kappa shape index (κ3) is 2.47. The number of nitrogens with zero attached hydrogens (tertiary/aromatic N) is 3. The van der Waals surface area contributed by atoms with Crippen LogP contribution in [0.4, 0.5) is 5.95 Å². The quantitative estimate of drug-likeness (QED) is 0.862. The van der Waals surface area contributed by atoms with Gasteiger partial charge in [0.1, 0.15) is 5.69 Å². The van der Waals surface area contributed by atoms with Gasteiger partial charge in [0.15, 0.2) is 0 Å². The van der Waals surface area contributed by atoms with Gasteiger partial charge >= 0.3 is 0 Å². The number of thioether (sulfide) groups is 1. The second-order valence-corrected chi connectivity index (χ2v) is 5.11. The molecule has 0 saturated heterocycles. The molecule has 0 aliphatic carbocycles. The lowest BCUT2D eigenvalue weighted by atomic mass is 10.3. The van der Waals surface area contributed by atoms with Crippen molar-refractivity contribution >= 4 is 52.5 Å². The van der Waals surface area contributed by atoms with E-state index in [1.165, 1.54) is 16.4 Å². The number of halogens is 3. The van der Waals surface area contributed by atoms with Crippen LogP contribution in [0.5, 0.6) is 0 Å². The Morgan fingerprint density at radius 1 is 1.24 bits per heavy atom. The highest BCUT2D eigenvalue weighted by molar-refractivity contribution is 7.98. The second kappa shape index (κ2) is 4.94. The Balaban J connectivity index is 2.63. The molecule has 2 rings (SSSR count). The highest BCUT2D eigenvalue weighted by Gasteiger charge is 2.15. The van der Waals surface area contributed by atoms with E-state index in [1.807, 2.05) is 6.26 Å². The van der Waals surface area contributed by atoms with Crippen LogP contribution in [-0.2, 0) is 0 Å². The predicted molar refractivity (Wildman–Crippen MR) is 72.6 cm³/mol. The summed E-state index contributed by atoms with van der Waals surface area (Å²) in [7, 11) is 0. The van der Waals surface area contributed by atoms with Crippen LogP contribution in [0.3, 0.4) is 0 Å². The normalized spacial score (nSPS) is 10.8. The smallest absolute Gasteiger partial charge is 0.224 e. The zero-order valence-corrected chi connectivity index (χ0v) is 11.7. The summed E-state index contributed by atoms with van der Waals surface area (Å²) in [5.41, 5.74) is 6.23. The van der Waals surface area contributed by atoms with Crippen LogP contribution in [0.1, 0.15) is 0 Å². The standard InChI is InChI=1S/C9H7Cl3N4S/c1-17-9-14-8(13)16(15-9)7-5(11)2-4(10)3-6(7)12/h2-3H,1H3,(H2,13,14,15). The number of rotatable bonds is 2. The first-order valence-corrected chi connectivity index (χ1v) is 6.80. The SMILES string of the molecule is CSc1nc(N)n(-c2c(Cl)cc(Cl)cc2Cl)n1. The van der Waals surface area contributed by atoms with E-state index in [4.69, 9.17) is 40.5 Å². The van der Waals surface area contributed by atoms with Crippen molar-refractivity contribution in [2.24, 2.45) is 0 Å². The van der Waals surface area contributed by atoms with E-state index in [0.29, 0.717) is 25.9 Å². The minimum Gasteiger partial charge on any atom is -0.368 e. The summed E-state index contributed by atoms with van der Waals surface area (Å²) in [6.07, 6.45) is 1.85. The molecule has 1 heterocycles. The van der Waals surface area contributed by atoms with E-state index in [1.54, 1.807) is 12.1 Å². The topological polar surface area (TPSA) is 56.7 Å². The van der Waals surface area contributed by atoms with E-state index in [-0.39, 0.29) is 5.95 Å². The Morgan fingerprint density at radius 2 is 1.82 bits per heavy atom. The van der Waals surface area contributed by atoms with Crippen molar-refractivity contribution in [3.05, 3.63) is 27.2 Å². The van der Waals surface area contributed by atoms with Crippen molar-refractivity contribution < 1.29 is 0 Å². The predicted octanol–water partition coefficient (Wildman–Crippen LogP) is 3.53. The maximum Gasteiger partial charge on any atom is 0.224 e. The third-order valence-electron chi connectivity index (χ3n) is 1.99. The van der Waals surface area contributed by atoms with Gasteiger partial charge in [-0.05, 0) is 18.4 Å². The van der Waals surface area contributed by atoms with E-state index >= 15 is 0 Å². The van der Waals surface area contributed by atoms with Gasteiger partial charge in [-0.15, -0.1) is 5.10 Å². The van der Waals surface area contributed by atoms with E-state index < -0.39 is 0 Å². The Hall–Kier alpha value is -0.620. The molecule has 90 valence electrons. The average molecular weight is 310 g/mol. The largest absolute Gasteiger partial charge is 0.368 e. The first-order valence-electron chi connectivity index (χ1n) is 4.44. The molecule has 1 aromatic heterocycles. The molecule has 4 nitrogen and oxygen atoms in total. The maximum atomic E-state index is 6.07. The first kappa shape index (κ1) is 12.8. The molecule has 2 N–H and O–H groups in total.